The Morgan fingerprint density at radius 3 is 1.47 bits per heavy atom. The third-order valence-electron chi connectivity index (χ3n) is 11.8. The van der Waals surface area contributed by atoms with E-state index in [0.717, 1.165) is 58.8 Å². The van der Waals surface area contributed by atoms with Gasteiger partial charge in [0.2, 0.25) is 19.0 Å². The van der Waals surface area contributed by atoms with Gasteiger partial charge in [-0.3, -0.25) is 24.1 Å². The zero-order valence-electron chi connectivity index (χ0n) is 36.0. The summed E-state index contributed by atoms with van der Waals surface area (Å²) in [5, 5.41) is 8.92. The lowest BCUT2D eigenvalue weighted by atomic mass is 9.86. The highest BCUT2D eigenvalue weighted by Crippen LogP contribution is 2.52. The van der Waals surface area contributed by atoms with Gasteiger partial charge in [0, 0.05) is 53.6 Å². The molecule has 0 bridgehead atoms. The van der Waals surface area contributed by atoms with E-state index < -0.39 is 97.3 Å². The number of oxime groups is 3. The molecule has 1 fully saturated rings. The molecule has 1 saturated carbocycles. The molecular weight excluding hydrogens is 1030 g/mol. The van der Waals surface area contributed by atoms with Crippen molar-refractivity contribution in [2.75, 3.05) is 0 Å². The zero-order chi connectivity index (χ0) is 51.2. The molecule has 3 aliphatic heterocycles. The van der Waals surface area contributed by atoms with Crippen LogP contribution in [0, 0.1) is 31.4 Å². The number of hydrogen-bond acceptors (Lipinski definition) is 10. The molecule has 0 saturated heterocycles. The van der Waals surface area contributed by atoms with Gasteiger partial charge < -0.3 is 14.5 Å². The fraction of sp³-hybridized carbons (Fsp3) is 0.283. The molecule has 1 aliphatic carbocycles. The molecule has 4 aromatic carbocycles. The van der Waals surface area contributed by atoms with Crippen molar-refractivity contribution in [3.8, 4) is 0 Å². The Morgan fingerprint density at radius 1 is 0.686 bits per heavy atom. The molecule has 0 spiro atoms. The number of halogens is 12. The average Bonchev–Trinajstić information content (AvgIpc) is 3.63. The monoisotopic (exact) mass is 1060 g/mol. The molecule has 24 heteroatoms. The van der Waals surface area contributed by atoms with Crippen LogP contribution in [0.25, 0.3) is 0 Å². The van der Waals surface area contributed by atoms with E-state index in [4.69, 9.17) is 60.9 Å². The summed E-state index contributed by atoms with van der Waals surface area (Å²) in [6, 6.07) is 11.7. The van der Waals surface area contributed by atoms with E-state index in [2.05, 4.69) is 22.0 Å². The molecule has 4 aromatic rings. The SMILES string of the molecule is C=CN(C=O)C(=O)c1ccc(C2=NO[C@@](c3cc(Cl)c(F)c(Cl)c3)(C(F)(F)F)C2)cc1C.Cc1cc(C2=NO[C@@](c3cc(Cl)c(F)c(Cl)c3)(C(F)(F)F)C2)ccc1C(=O)N(C=O)C1CC(C2CC2)=NO1. The second-order valence-corrected chi connectivity index (χ2v) is 17.9. The smallest absolute Gasteiger partial charge is 0.374 e. The lowest BCUT2D eigenvalue weighted by Gasteiger charge is -2.29. The largest absolute Gasteiger partial charge is 0.435 e. The van der Waals surface area contributed by atoms with Crippen molar-refractivity contribution in [1.82, 2.24) is 9.80 Å². The lowest BCUT2D eigenvalue weighted by molar-refractivity contribution is -0.276. The molecule has 3 atom stereocenters. The topological polar surface area (TPSA) is 140 Å². The molecule has 3 heterocycles. The number of imide groups is 2. The Kier molecular flexibility index (Phi) is 14.5. The molecule has 0 aromatic heterocycles. The van der Waals surface area contributed by atoms with Crippen molar-refractivity contribution in [2.24, 2.45) is 21.4 Å². The van der Waals surface area contributed by atoms with Crippen molar-refractivity contribution >= 4 is 88.2 Å². The van der Waals surface area contributed by atoms with Gasteiger partial charge in [-0.2, -0.15) is 26.3 Å². The summed E-state index contributed by atoms with van der Waals surface area (Å²) in [5.41, 5.74) is -4.57. The molecule has 0 radical (unpaired) electrons. The van der Waals surface area contributed by atoms with E-state index in [1.165, 1.54) is 36.4 Å². The van der Waals surface area contributed by atoms with Crippen LogP contribution in [0.5, 0.6) is 0 Å². The van der Waals surface area contributed by atoms with E-state index in [0.29, 0.717) is 29.9 Å². The van der Waals surface area contributed by atoms with Crippen molar-refractivity contribution in [3.05, 3.63) is 150 Å². The van der Waals surface area contributed by atoms with Crippen LogP contribution in [0.1, 0.15) is 86.2 Å². The summed E-state index contributed by atoms with van der Waals surface area (Å²) >= 11 is 22.9. The van der Waals surface area contributed by atoms with Gasteiger partial charge in [-0.05, 0) is 97.5 Å². The molecule has 8 rings (SSSR count). The van der Waals surface area contributed by atoms with Crippen molar-refractivity contribution in [2.45, 2.75) is 75.7 Å². The van der Waals surface area contributed by atoms with Gasteiger partial charge >= 0.3 is 12.4 Å². The summed E-state index contributed by atoms with van der Waals surface area (Å²) < 4.78 is 113. The van der Waals surface area contributed by atoms with Crippen LogP contribution in [0.3, 0.4) is 0 Å². The molecule has 4 aliphatic rings. The van der Waals surface area contributed by atoms with E-state index in [1.54, 1.807) is 13.8 Å². The minimum absolute atomic E-state index is 0.0584. The summed E-state index contributed by atoms with van der Waals surface area (Å²) in [5.74, 6) is -3.06. The summed E-state index contributed by atoms with van der Waals surface area (Å²) in [4.78, 5) is 65.0. The first-order valence-corrected chi connectivity index (χ1v) is 22.0. The maximum absolute atomic E-state index is 14.3. The highest BCUT2D eigenvalue weighted by molar-refractivity contribution is 6.35. The number of carbonyl (C=O) groups excluding carboxylic acids is 4. The van der Waals surface area contributed by atoms with E-state index in [-0.39, 0.29) is 40.1 Å². The second-order valence-electron chi connectivity index (χ2n) is 16.3. The minimum Gasteiger partial charge on any atom is -0.374 e. The minimum atomic E-state index is -4.96. The first-order chi connectivity index (χ1) is 32.9. The molecule has 70 heavy (non-hydrogen) atoms. The molecule has 4 amide bonds. The second kappa shape index (κ2) is 19.6. The maximum Gasteiger partial charge on any atom is 0.435 e. The van der Waals surface area contributed by atoms with Crippen LogP contribution in [0.2, 0.25) is 20.1 Å². The van der Waals surface area contributed by atoms with Crippen LogP contribution in [0.4, 0.5) is 35.1 Å². The van der Waals surface area contributed by atoms with Gasteiger partial charge in [0.05, 0.1) is 37.2 Å². The highest BCUT2D eigenvalue weighted by Gasteiger charge is 2.64. The molecule has 368 valence electrons. The first-order valence-electron chi connectivity index (χ1n) is 20.5. The molecule has 0 N–H and O–H groups in total. The third kappa shape index (κ3) is 9.70. The van der Waals surface area contributed by atoms with Crippen molar-refractivity contribution in [3.63, 3.8) is 0 Å². The lowest BCUT2D eigenvalue weighted by Crippen LogP contribution is -2.42. The number of carbonyl (C=O) groups is 4. The number of amides is 4. The number of aryl methyl sites for hydroxylation is 2. The highest BCUT2D eigenvalue weighted by atomic mass is 35.5. The fourth-order valence-electron chi connectivity index (χ4n) is 7.75. The van der Waals surface area contributed by atoms with E-state index >= 15 is 0 Å². The predicted molar refractivity (Wildman–Crippen MR) is 239 cm³/mol. The maximum atomic E-state index is 14.3. The van der Waals surface area contributed by atoms with Crippen LogP contribution in [-0.4, -0.2) is 70.1 Å². The number of benzene rings is 4. The molecule has 1 unspecified atom stereocenters. The van der Waals surface area contributed by atoms with Gasteiger partial charge in [0.1, 0.15) is 0 Å². The summed E-state index contributed by atoms with van der Waals surface area (Å²) in [6.07, 6.45) is -8.23. The Balaban J connectivity index is 0.000000210. The Hall–Kier alpha value is -6.09. The average molecular weight is 1060 g/mol. The molecular formula is C46H33Cl4F8N5O7. The first kappa shape index (κ1) is 51.8. The van der Waals surface area contributed by atoms with Crippen LogP contribution in [0.15, 0.2) is 88.9 Å². The Bertz CT molecular complexity index is 2880. The van der Waals surface area contributed by atoms with Crippen LogP contribution >= 0.6 is 46.4 Å². The number of rotatable bonds is 11. The number of hydrogen-bond donors (Lipinski definition) is 0. The van der Waals surface area contributed by atoms with Gasteiger partial charge in [0.15, 0.2) is 11.6 Å². The van der Waals surface area contributed by atoms with Crippen molar-refractivity contribution in [1.29, 1.82) is 0 Å². The van der Waals surface area contributed by atoms with E-state index in [9.17, 15) is 54.3 Å². The predicted octanol–water partition coefficient (Wildman–Crippen LogP) is 11.9. The summed E-state index contributed by atoms with van der Waals surface area (Å²) in [7, 11) is 0. The normalized spacial score (nSPS) is 20.7. The Morgan fingerprint density at radius 2 is 1.11 bits per heavy atom. The number of alkyl halides is 6. The van der Waals surface area contributed by atoms with Crippen LogP contribution < -0.4 is 0 Å². The van der Waals surface area contributed by atoms with Gasteiger partial charge in [-0.25, -0.2) is 13.7 Å². The number of nitrogens with zero attached hydrogens (tertiary/aromatic N) is 5. The zero-order valence-corrected chi connectivity index (χ0v) is 39.1. The quantitative estimate of drug-likeness (QED) is 0.0828. The van der Waals surface area contributed by atoms with Crippen molar-refractivity contribution < 1.29 is 68.8 Å². The fourth-order valence-corrected chi connectivity index (χ4v) is 8.72. The third-order valence-corrected chi connectivity index (χ3v) is 12.9. The standard InChI is InChI=1S/C25H19Cl2F4N3O4.C21H14Cl2F4N2O3/c1-12-6-14(4-5-16(12)23(36)34(11-35)21-9-19(32-37-21)13-2-3-13)20-10-24(38-33-20,25(29,30)31)15-7-17(26)22(28)18(27)8-15;1-3-29(10-30)19(31)14-5-4-12(6-11(14)2)17-9-20(32-28-17,21(25,26)27)13-7-15(22)18(24)16(23)8-13/h4-8,11,13,21H,2-3,9-10H2,1H3;3-8,10H,1,9H2,2H3/t21?,24-;20-/m00/s1. The molecule has 12 nitrogen and oxygen atoms in total. The van der Waals surface area contributed by atoms with Crippen LogP contribution in [-0.2, 0) is 35.3 Å². The van der Waals surface area contributed by atoms with Gasteiger partial charge in [-0.1, -0.05) is 80.6 Å². The Labute approximate surface area is 412 Å². The van der Waals surface area contributed by atoms with Gasteiger partial charge in [-0.15, -0.1) is 0 Å². The van der Waals surface area contributed by atoms with E-state index in [1.807, 2.05) is 0 Å². The van der Waals surface area contributed by atoms with Gasteiger partial charge in [0.25, 0.3) is 23.0 Å². The summed E-state index contributed by atoms with van der Waals surface area (Å²) in [6.45, 7) is 6.49.